The van der Waals surface area contributed by atoms with E-state index in [1.54, 1.807) is 13.0 Å². The van der Waals surface area contributed by atoms with E-state index in [1.165, 1.54) is 0 Å². The molecule has 3 N–H and O–H groups in total. The molecule has 1 atom stereocenters. The predicted molar refractivity (Wildman–Crippen MR) is 51.2 cm³/mol. The average molecular weight is 193 g/mol. The Bertz CT molecular complexity index is 370. The first-order chi connectivity index (χ1) is 6.35. The lowest BCUT2D eigenvalue weighted by atomic mass is 9.91. The normalized spacial score (nSPS) is 14.9. The van der Waals surface area contributed by atoms with Crippen LogP contribution in [0.25, 0.3) is 0 Å². The van der Waals surface area contributed by atoms with Gasteiger partial charge in [0.15, 0.2) is 5.54 Å². The monoisotopic (exact) mass is 193 g/mol. The number of hydrogen-bond acceptors (Lipinski definition) is 2. The van der Waals surface area contributed by atoms with Gasteiger partial charge in [0.2, 0.25) is 0 Å². The van der Waals surface area contributed by atoms with E-state index in [4.69, 9.17) is 0 Å². The quantitative estimate of drug-likeness (QED) is 0.688. The molecule has 0 fully saturated rings. The lowest BCUT2D eigenvalue weighted by Crippen LogP contribution is -2.75. The van der Waals surface area contributed by atoms with Crippen LogP contribution < -0.4 is 10.8 Å². The fourth-order valence-electron chi connectivity index (χ4n) is 1.20. The minimum absolute atomic E-state index is 0.681. The van der Waals surface area contributed by atoms with Crippen LogP contribution in [0.15, 0.2) is 18.2 Å². The molecule has 0 saturated carbocycles. The Morgan fingerprint density at radius 3 is 2.36 bits per heavy atom. The highest BCUT2D eigenvalue weighted by molar-refractivity contribution is 5.76. The van der Waals surface area contributed by atoms with Crippen molar-refractivity contribution in [3.8, 4) is 0 Å². The molecule has 0 aliphatic carbocycles. The third-order valence-electron chi connectivity index (χ3n) is 2.59. The Hall–Kier alpha value is -1.35. The van der Waals surface area contributed by atoms with Crippen LogP contribution in [-0.4, -0.2) is 5.97 Å². The molecule has 0 bridgehead atoms. The summed E-state index contributed by atoms with van der Waals surface area (Å²) in [7, 11) is 0. The number of aryl methyl sites for hydroxylation is 2. The third kappa shape index (κ3) is 1.77. The van der Waals surface area contributed by atoms with Crippen LogP contribution in [0.1, 0.15) is 23.6 Å². The topological polar surface area (TPSA) is 67.8 Å². The standard InChI is InChI=1S/C11H15NO2/c1-7-4-5-9(6-8(7)2)11(3,12)10(13)14/h4-6H,12H2,1-3H3,(H,13,14)/t11-/m1/s1. The van der Waals surface area contributed by atoms with E-state index in [9.17, 15) is 9.90 Å². The van der Waals surface area contributed by atoms with Crippen LogP contribution in [0.3, 0.4) is 0 Å². The van der Waals surface area contributed by atoms with Crippen LogP contribution in [0, 0.1) is 13.8 Å². The fourth-order valence-corrected chi connectivity index (χ4v) is 1.20. The number of carbonyl (C=O) groups is 1. The molecule has 3 heteroatoms. The Kier molecular flexibility index (Phi) is 2.62. The van der Waals surface area contributed by atoms with Gasteiger partial charge < -0.3 is 15.6 Å². The first-order valence-electron chi connectivity index (χ1n) is 4.50. The molecule has 14 heavy (non-hydrogen) atoms. The first-order valence-corrected chi connectivity index (χ1v) is 4.50. The molecular formula is C11H15NO2. The number of carbonyl (C=O) groups excluding carboxylic acids is 1. The van der Waals surface area contributed by atoms with E-state index in [2.05, 4.69) is 5.73 Å². The lowest BCUT2D eigenvalue weighted by molar-refractivity contribution is -0.489. The van der Waals surface area contributed by atoms with Gasteiger partial charge in [-0.05, 0) is 31.0 Å². The van der Waals surface area contributed by atoms with Crippen LogP contribution in [0.4, 0.5) is 0 Å². The summed E-state index contributed by atoms with van der Waals surface area (Å²) in [4.78, 5) is 10.8. The third-order valence-corrected chi connectivity index (χ3v) is 2.59. The zero-order valence-corrected chi connectivity index (χ0v) is 8.76. The van der Waals surface area contributed by atoms with Gasteiger partial charge in [0.25, 0.3) is 0 Å². The van der Waals surface area contributed by atoms with Gasteiger partial charge in [-0.2, -0.15) is 0 Å². The number of benzene rings is 1. The zero-order valence-electron chi connectivity index (χ0n) is 8.76. The maximum Gasteiger partial charge on any atom is 0.157 e. The second-order valence-corrected chi connectivity index (χ2v) is 3.92. The van der Waals surface area contributed by atoms with Crippen molar-refractivity contribution in [2.45, 2.75) is 26.3 Å². The number of rotatable bonds is 2. The van der Waals surface area contributed by atoms with Crippen molar-refractivity contribution in [1.29, 1.82) is 0 Å². The highest BCUT2D eigenvalue weighted by Gasteiger charge is 2.27. The average Bonchev–Trinajstić information content (AvgIpc) is 2.09. The van der Waals surface area contributed by atoms with Crippen molar-refractivity contribution in [2.24, 2.45) is 0 Å². The summed E-state index contributed by atoms with van der Waals surface area (Å²) in [5.74, 6) is -1.15. The molecule has 0 amide bonds. The van der Waals surface area contributed by atoms with Crippen LogP contribution in [-0.2, 0) is 10.3 Å². The molecule has 1 rings (SSSR count). The summed E-state index contributed by atoms with van der Waals surface area (Å²) >= 11 is 0. The number of aliphatic carboxylic acids is 1. The number of carboxylic acids is 1. The molecule has 76 valence electrons. The number of hydrogen-bond donors (Lipinski definition) is 1. The molecule has 0 radical (unpaired) electrons. The van der Waals surface area contributed by atoms with Gasteiger partial charge in [0, 0.05) is 12.5 Å². The Labute approximate surface area is 83.6 Å². The van der Waals surface area contributed by atoms with E-state index in [1.807, 2.05) is 26.0 Å². The summed E-state index contributed by atoms with van der Waals surface area (Å²) in [6.45, 7) is 5.48. The molecule has 0 aliphatic heterocycles. The summed E-state index contributed by atoms with van der Waals surface area (Å²) in [5, 5.41) is 10.8. The molecule has 0 saturated heterocycles. The van der Waals surface area contributed by atoms with E-state index in [-0.39, 0.29) is 0 Å². The Balaban J connectivity index is 3.21. The summed E-state index contributed by atoms with van der Waals surface area (Å²) in [5.41, 5.74) is 5.37. The van der Waals surface area contributed by atoms with Crippen molar-refractivity contribution in [3.63, 3.8) is 0 Å². The maximum atomic E-state index is 10.8. The number of quaternary nitrogens is 1. The highest BCUT2D eigenvalue weighted by atomic mass is 16.4. The molecule has 0 unspecified atom stereocenters. The Morgan fingerprint density at radius 2 is 1.93 bits per heavy atom. The molecule has 1 aromatic carbocycles. The lowest BCUT2D eigenvalue weighted by Gasteiger charge is -2.23. The minimum atomic E-state index is -1.17. The van der Waals surface area contributed by atoms with Gasteiger partial charge in [0.1, 0.15) is 5.97 Å². The predicted octanol–water partition coefficient (Wildman–Crippen LogP) is -0.490. The van der Waals surface area contributed by atoms with Gasteiger partial charge in [-0.25, -0.2) is 0 Å². The summed E-state index contributed by atoms with van der Waals surface area (Å²) < 4.78 is 0. The Morgan fingerprint density at radius 1 is 1.36 bits per heavy atom. The second kappa shape index (κ2) is 3.42. The van der Waals surface area contributed by atoms with Gasteiger partial charge in [-0.1, -0.05) is 12.1 Å². The van der Waals surface area contributed by atoms with Crippen molar-refractivity contribution < 1.29 is 15.6 Å². The first kappa shape index (κ1) is 10.7. The molecule has 0 heterocycles. The van der Waals surface area contributed by atoms with Crippen molar-refractivity contribution >= 4 is 5.97 Å². The molecule has 0 aliphatic rings. The van der Waals surface area contributed by atoms with Crippen LogP contribution in [0.5, 0.6) is 0 Å². The van der Waals surface area contributed by atoms with Crippen molar-refractivity contribution in [1.82, 2.24) is 0 Å². The van der Waals surface area contributed by atoms with E-state index < -0.39 is 11.5 Å². The van der Waals surface area contributed by atoms with E-state index >= 15 is 0 Å². The maximum absolute atomic E-state index is 10.8. The zero-order chi connectivity index (χ0) is 10.9. The highest BCUT2D eigenvalue weighted by Crippen LogP contribution is 2.18. The molecule has 1 aromatic rings. The van der Waals surface area contributed by atoms with Gasteiger partial charge in [0.05, 0.1) is 0 Å². The minimum Gasteiger partial charge on any atom is -0.543 e. The fraction of sp³-hybridized carbons (Fsp3) is 0.364. The van der Waals surface area contributed by atoms with E-state index in [0.29, 0.717) is 5.56 Å². The van der Waals surface area contributed by atoms with Crippen molar-refractivity contribution in [3.05, 3.63) is 34.9 Å². The molecule has 3 nitrogen and oxygen atoms in total. The van der Waals surface area contributed by atoms with E-state index in [0.717, 1.165) is 11.1 Å². The smallest absolute Gasteiger partial charge is 0.157 e. The van der Waals surface area contributed by atoms with Crippen LogP contribution >= 0.6 is 0 Å². The second-order valence-electron chi connectivity index (χ2n) is 3.92. The number of carboxylic acid groups (broad SMARTS) is 1. The molecular weight excluding hydrogens is 178 g/mol. The van der Waals surface area contributed by atoms with Gasteiger partial charge in [-0.15, -0.1) is 0 Å². The van der Waals surface area contributed by atoms with Gasteiger partial charge in [-0.3, -0.25) is 0 Å². The largest absolute Gasteiger partial charge is 0.543 e. The molecule has 0 spiro atoms. The van der Waals surface area contributed by atoms with Crippen LogP contribution in [0.2, 0.25) is 0 Å². The summed E-state index contributed by atoms with van der Waals surface area (Å²) in [6, 6.07) is 5.53. The van der Waals surface area contributed by atoms with Crippen molar-refractivity contribution in [2.75, 3.05) is 0 Å². The molecule has 0 aromatic heterocycles. The summed E-state index contributed by atoms with van der Waals surface area (Å²) in [6.07, 6.45) is 0. The SMILES string of the molecule is Cc1ccc([C@@](C)([NH3+])C(=O)[O-])cc1C. The van der Waals surface area contributed by atoms with Gasteiger partial charge >= 0.3 is 0 Å².